The molecule has 0 radical (unpaired) electrons. The van der Waals surface area contributed by atoms with Gasteiger partial charge in [-0.1, -0.05) is 23.2 Å². The molecule has 0 atom stereocenters. The molecule has 0 aliphatic carbocycles. The maximum absolute atomic E-state index is 11.9. The van der Waals surface area contributed by atoms with Gasteiger partial charge in [-0.05, 0) is 30.3 Å². The van der Waals surface area contributed by atoms with E-state index in [0.29, 0.717) is 15.7 Å². The monoisotopic (exact) mass is 264 g/mol. The van der Waals surface area contributed by atoms with E-state index >= 15 is 0 Å². The van der Waals surface area contributed by atoms with Crippen molar-refractivity contribution >= 4 is 23.2 Å². The van der Waals surface area contributed by atoms with Crippen LogP contribution in [-0.2, 0) is 0 Å². The summed E-state index contributed by atoms with van der Waals surface area (Å²) in [4.78, 5) is 11.9. The first-order valence-corrected chi connectivity index (χ1v) is 5.46. The van der Waals surface area contributed by atoms with Crippen LogP contribution in [0.4, 0.5) is 0 Å². The van der Waals surface area contributed by atoms with Crippen LogP contribution in [0.25, 0.3) is 5.69 Å². The van der Waals surface area contributed by atoms with Crippen LogP contribution < -0.4 is 5.56 Å². The van der Waals surface area contributed by atoms with Gasteiger partial charge in [0.15, 0.2) is 0 Å². The summed E-state index contributed by atoms with van der Waals surface area (Å²) in [6.07, 6.45) is 1.54. The molecule has 0 aliphatic rings. The second kappa shape index (κ2) is 4.62. The zero-order valence-electron chi connectivity index (χ0n) is 8.52. The van der Waals surface area contributed by atoms with Crippen molar-refractivity contribution in [2.45, 2.75) is 0 Å². The van der Waals surface area contributed by atoms with Gasteiger partial charge in [-0.2, -0.15) is 5.26 Å². The Balaban J connectivity index is 2.74. The Kier molecular flexibility index (Phi) is 3.19. The van der Waals surface area contributed by atoms with Gasteiger partial charge in [-0.25, -0.2) is 0 Å². The highest BCUT2D eigenvalue weighted by atomic mass is 35.5. The Morgan fingerprint density at radius 3 is 2.71 bits per heavy atom. The molecule has 2 aromatic rings. The Labute approximate surface area is 107 Å². The second-order valence-electron chi connectivity index (χ2n) is 3.30. The molecule has 5 heteroatoms. The van der Waals surface area contributed by atoms with Gasteiger partial charge in [-0.3, -0.25) is 9.36 Å². The van der Waals surface area contributed by atoms with Gasteiger partial charge in [0, 0.05) is 11.2 Å². The smallest absolute Gasteiger partial charge is 0.273 e. The van der Waals surface area contributed by atoms with Crippen molar-refractivity contribution in [2.24, 2.45) is 0 Å². The van der Waals surface area contributed by atoms with Crippen LogP contribution in [0.1, 0.15) is 5.56 Å². The van der Waals surface area contributed by atoms with E-state index in [1.165, 1.54) is 10.6 Å². The summed E-state index contributed by atoms with van der Waals surface area (Å²) in [5, 5.41) is 9.66. The van der Waals surface area contributed by atoms with E-state index in [1.807, 2.05) is 6.07 Å². The third kappa shape index (κ3) is 2.19. The lowest BCUT2D eigenvalue weighted by atomic mass is 10.2. The zero-order chi connectivity index (χ0) is 12.4. The van der Waals surface area contributed by atoms with Gasteiger partial charge in [0.05, 0.1) is 10.7 Å². The fourth-order valence-electron chi connectivity index (χ4n) is 1.44. The van der Waals surface area contributed by atoms with Crippen LogP contribution in [0.2, 0.25) is 10.0 Å². The number of nitriles is 1. The molecule has 2 rings (SSSR count). The molecule has 3 nitrogen and oxygen atoms in total. The standard InChI is InChI=1S/C12H6Cl2N2O/c13-9-3-4-10(14)11(6-9)16-5-1-2-8(7-15)12(16)17/h1-6H. The fourth-order valence-corrected chi connectivity index (χ4v) is 1.81. The minimum atomic E-state index is -0.417. The summed E-state index contributed by atoms with van der Waals surface area (Å²) < 4.78 is 1.30. The first-order valence-electron chi connectivity index (χ1n) is 4.70. The normalized spacial score (nSPS) is 9.94. The molecule has 0 unspecified atom stereocenters. The van der Waals surface area contributed by atoms with Crippen molar-refractivity contribution in [1.29, 1.82) is 5.26 Å². The molecule has 1 aromatic carbocycles. The third-order valence-electron chi connectivity index (χ3n) is 2.24. The Morgan fingerprint density at radius 2 is 2.00 bits per heavy atom. The van der Waals surface area contributed by atoms with E-state index < -0.39 is 5.56 Å². The van der Waals surface area contributed by atoms with E-state index in [2.05, 4.69) is 0 Å². The summed E-state index contributed by atoms with van der Waals surface area (Å²) in [6.45, 7) is 0. The van der Waals surface area contributed by atoms with Crippen molar-refractivity contribution in [1.82, 2.24) is 4.57 Å². The van der Waals surface area contributed by atoms with Gasteiger partial charge in [-0.15, -0.1) is 0 Å². The SMILES string of the molecule is N#Cc1cccn(-c2cc(Cl)ccc2Cl)c1=O. The molecule has 17 heavy (non-hydrogen) atoms. The second-order valence-corrected chi connectivity index (χ2v) is 4.15. The predicted octanol–water partition coefficient (Wildman–Crippen LogP) is 3.02. The molecular weight excluding hydrogens is 259 g/mol. The largest absolute Gasteiger partial charge is 0.282 e. The Hall–Kier alpha value is -1.76. The summed E-state index contributed by atoms with van der Waals surface area (Å²) >= 11 is 11.9. The van der Waals surface area contributed by atoms with Crippen molar-refractivity contribution in [3.8, 4) is 11.8 Å². The minimum absolute atomic E-state index is 0.0588. The molecule has 84 valence electrons. The number of benzene rings is 1. The Morgan fingerprint density at radius 1 is 1.24 bits per heavy atom. The molecule has 0 aliphatic heterocycles. The number of halogens is 2. The Bertz CT molecular complexity index is 671. The summed E-state index contributed by atoms with van der Waals surface area (Å²) in [6, 6.07) is 9.70. The highest BCUT2D eigenvalue weighted by Gasteiger charge is 2.08. The summed E-state index contributed by atoms with van der Waals surface area (Å²) in [5.41, 5.74) is 0.101. The fraction of sp³-hybridized carbons (Fsp3) is 0. The topological polar surface area (TPSA) is 45.8 Å². The lowest BCUT2D eigenvalue weighted by Gasteiger charge is -2.08. The first-order chi connectivity index (χ1) is 8.13. The summed E-state index contributed by atoms with van der Waals surface area (Å²) in [7, 11) is 0. The molecular formula is C12H6Cl2N2O. The average molecular weight is 265 g/mol. The van der Waals surface area contributed by atoms with Crippen LogP contribution >= 0.6 is 23.2 Å². The number of hydrogen-bond acceptors (Lipinski definition) is 2. The van der Waals surface area contributed by atoms with E-state index in [4.69, 9.17) is 28.5 Å². The lowest BCUT2D eigenvalue weighted by molar-refractivity contribution is 0.982. The number of nitrogens with zero attached hydrogens (tertiary/aromatic N) is 2. The van der Waals surface area contributed by atoms with Gasteiger partial charge in [0.2, 0.25) is 0 Å². The zero-order valence-corrected chi connectivity index (χ0v) is 10.0. The van der Waals surface area contributed by atoms with Crippen LogP contribution in [0.5, 0.6) is 0 Å². The number of aromatic nitrogens is 1. The van der Waals surface area contributed by atoms with Gasteiger partial charge in [0.25, 0.3) is 5.56 Å². The van der Waals surface area contributed by atoms with Crippen LogP contribution in [-0.4, -0.2) is 4.57 Å². The highest BCUT2D eigenvalue weighted by Crippen LogP contribution is 2.23. The highest BCUT2D eigenvalue weighted by molar-refractivity contribution is 6.34. The maximum atomic E-state index is 11.9. The van der Waals surface area contributed by atoms with Crippen LogP contribution in [0, 0.1) is 11.3 Å². The maximum Gasteiger partial charge on any atom is 0.273 e. The molecule has 0 saturated heterocycles. The number of hydrogen-bond donors (Lipinski definition) is 0. The average Bonchev–Trinajstić information content (AvgIpc) is 2.33. The van der Waals surface area contributed by atoms with Crippen molar-refractivity contribution in [3.63, 3.8) is 0 Å². The van der Waals surface area contributed by atoms with Gasteiger partial charge >= 0.3 is 0 Å². The molecule has 1 heterocycles. The van der Waals surface area contributed by atoms with Crippen LogP contribution in [0.15, 0.2) is 41.3 Å². The van der Waals surface area contributed by atoms with Crippen molar-refractivity contribution in [3.05, 3.63) is 62.5 Å². The van der Waals surface area contributed by atoms with E-state index in [1.54, 1.807) is 30.5 Å². The lowest BCUT2D eigenvalue weighted by Crippen LogP contribution is -2.20. The quantitative estimate of drug-likeness (QED) is 0.795. The van der Waals surface area contributed by atoms with Crippen molar-refractivity contribution in [2.75, 3.05) is 0 Å². The predicted molar refractivity (Wildman–Crippen MR) is 66.8 cm³/mol. The van der Waals surface area contributed by atoms with E-state index in [0.717, 1.165) is 0 Å². The summed E-state index contributed by atoms with van der Waals surface area (Å²) in [5.74, 6) is 0. The van der Waals surface area contributed by atoms with Crippen LogP contribution in [0.3, 0.4) is 0 Å². The molecule has 0 amide bonds. The molecule has 0 fully saturated rings. The minimum Gasteiger partial charge on any atom is -0.282 e. The molecule has 1 aromatic heterocycles. The number of pyridine rings is 1. The molecule has 0 saturated carbocycles. The van der Waals surface area contributed by atoms with Gasteiger partial charge in [0.1, 0.15) is 11.6 Å². The van der Waals surface area contributed by atoms with E-state index in [-0.39, 0.29) is 5.56 Å². The van der Waals surface area contributed by atoms with Gasteiger partial charge < -0.3 is 0 Å². The van der Waals surface area contributed by atoms with Crippen molar-refractivity contribution < 1.29 is 0 Å². The number of rotatable bonds is 1. The molecule has 0 spiro atoms. The third-order valence-corrected chi connectivity index (χ3v) is 2.79. The van der Waals surface area contributed by atoms with E-state index in [9.17, 15) is 4.79 Å². The molecule has 0 N–H and O–H groups in total. The first kappa shape index (κ1) is 11.7. The molecule has 0 bridgehead atoms.